The molecule has 0 amide bonds. The number of carboxylic acid groups (broad SMARTS) is 1. The average molecular weight is 258 g/mol. The van der Waals surface area contributed by atoms with Crippen molar-refractivity contribution in [1.29, 1.82) is 0 Å². The fourth-order valence-electron chi connectivity index (χ4n) is 2.17. The molecule has 1 aliphatic heterocycles. The van der Waals surface area contributed by atoms with Crippen molar-refractivity contribution in [2.75, 3.05) is 6.54 Å². The molecule has 1 N–H and O–H groups in total. The normalized spacial score (nSPS) is 20.7. The molecule has 17 heavy (non-hydrogen) atoms. The van der Waals surface area contributed by atoms with Crippen LogP contribution >= 0.6 is 11.6 Å². The molecule has 1 aliphatic rings. The Balaban J connectivity index is 2.09. The minimum absolute atomic E-state index is 0.0774. The summed E-state index contributed by atoms with van der Waals surface area (Å²) in [6, 6.07) is 4.06. The second kappa shape index (κ2) is 5.02. The van der Waals surface area contributed by atoms with E-state index in [4.69, 9.17) is 16.7 Å². The van der Waals surface area contributed by atoms with Gasteiger partial charge in [0.1, 0.15) is 11.9 Å². The van der Waals surface area contributed by atoms with Gasteiger partial charge in [-0.25, -0.2) is 4.39 Å². The van der Waals surface area contributed by atoms with E-state index in [0.29, 0.717) is 13.0 Å². The molecule has 92 valence electrons. The van der Waals surface area contributed by atoms with Gasteiger partial charge in [-0.15, -0.1) is 0 Å². The topological polar surface area (TPSA) is 40.5 Å². The highest BCUT2D eigenvalue weighted by Crippen LogP contribution is 2.22. The summed E-state index contributed by atoms with van der Waals surface area (Å²) in [5.41, 5.74) is 0.838. The molecule has 3 nitrogen and oxygen atoms in total. The Morgan fingerprint density at radius 3 is 3.00 bits per heavy atom. The molecule has 0 spiro atoms. The smallest absolute Gasteiger partial charge is 0.320 e. The van der Waals surface area contributed by atoms with Gasteiger partial charge >= 0.3 is 5.97 Å². The van der Waals surface area contributed by atoms with Crippen molar-refractivity contribution >= 4 is 17.6 Å². The van der Waals surface area contributed by atoms with E-state index in [2.05, 4.69) is 0 Å². The van der Waals surface area contributed by atoms with Crippen molar-refractivity contribution in [3.63, 3.8) is 0 Å². The molecule has 1 aromatic carbocycles. The van der Waals surface area contributed by atoms with Crippen LogP contribution in [0, 0.1) is 5.82 Å². The van der Waals surface area contributed by atoms with E-state index in [1.165, 1.54) is 6.07 Å². The molecule has 1 atom stereocenters. The molecule has 0 aliphatic carbocycles. The Hall–Kier alpha value is -1.13. The summed E-state index contributed by atoms with van der Waals surface area (Å²) in [6.07, 6.45) is 1.55. The molecule has 1 fully saturated rings. The molecule has 0 saturated carbocycles. The van der Waals surface area contributed by atoms with Gasteiger partial charge in [0.2, 0.25) is 0 Å². The van der Waals surface area contributed by atoms with E-state index in [1.54, 1.807) is 12.1 Å². The van der Waals surface area contributed by atoms with E-state index < -0.39 is 17.8 Å². The van der Waals surface area contributed by atoms with Crippen molar-refractivity contribution in [2.24, 2.45) is 0 Å². The molecule has 5 heteroatoms. The van der Waals surface area contributed by atoms with Crippen LogP contribution in [0.5, 0.6) is 0 Å². The SMILES string of the molecule is O=C(O)[C@@H]1CCCN1Cc1ccc(F)c(Cl)c1. The average Bonchev–Trinajstić information content (AvgIpc) is 2.72. The third-order valence-electron chi connectivity index (χ3n) is 3.02. The first-order chi connectivity index (χ1) is 8.08. The Bertz CT molecular complexity index is 439. The van der Waals surface area contributed by atoms with Crippen LogP contribution in [0.3, 0.4) is 0 Å². The van der Waals surface area contributed by atoms with E-state index >= 15 is 0 Å². The lowest BCUT2D eigenvalue weighted by Gasteiger charge is -2.21. The summed E-state index contributed by atoms with van der Waals surface area (Å²) in [6.45, 7) is 1.25. The van der Waals surface area contributed by atoms with Gasteiger partial charge in [-0.2, -0.15) is 0 Å². The maximum absolute atomic E-state index is 13.0. The summed E-state index contributed by atoms with van der Waals surface area (Å²) >= 11 is 5.69. The third kappa shape index (κ3) is 2.76. The van der Waals surface area contributed by atoms with Crippen molar-refractivity contribution < 1.29 is 14.3 Å². The van der Waals surface area contributed by atoms with Crippen LogP contribution in [0.4, 0.5) is 4.39 Å². The molecule has 0 unspecified atom stereocenters. The number of benzene rings is 1. The van der Waals surface area contributed by atoms with Crippen LogP contribution in [0.15, 0.2) is 18.2 Å². The van der Waals surface area contributed by atoms with E-state index in [1.807, 2.05) is 4.90 Å². The van der Waals surface area contributed by atoms with Gasteiger partial charge in [0.05, 0.1) is 5.02 Å². The number of halogens is 2. The van der Waals surface area contributed by atoms with Crippen LogP contribution in [0.2, 0.25) is 5.02 Å². The summed E-state index contributed by atoms with van der Waals surface area (Å²) in [5, 5.41) is 9.11. The van der Waals surface area contributed by atoms with Gasteiger partial charge < -0.3 is 5.11 Å². The maximum atomic E-state index is 13.0. The minimum atomic E-state index is -0.796. The van der Waals surface area contributed by atoms with Crippen LogP contribution in [0.25, 0.3) is 0 Å². The highest BCUT2D eigenvalue weighted by molar-refractivity contribution is 6.30. The molecule has 2 rings (SSSR count). The quantitative estimate of drug-likeness (QED) is 0.905. The molecule has 0 radical (unpaired) electrons. The number of nitrogens with zero attached hydrogens (tertiary/aromatic N) is 1. The van der Waals surface area contributed by atoms with Crippen molar-refractivity contribution in [2.45, 2.75) is 25.4 Å². The van der Waals surface area contributed by atoms with E-state index in [-0.39, 0.29) is 5.02 Å². The monoisotopic (exact) mass is 257 g/mol. The number of aliphatic carboxylic acids is 1. The number of carbonyl (C=O) groups is 1. The standard InChI is InChI=1S/C12H13ClFNO2/c13-9-6-8(3-4-10(9)14)7-15-5-1-2-11(15)12(16)17/h3-4,6,11H,1-2,5,7H2,(H,16,17)/t11-/m0/s1. The predicted molar refractivity (Wildman–Crippen MR) is 62.5 cm³/mol. The van der Waals surface area contributed by atoms with Crippen molar-refractivity contribution in [3.8, 4) is 0 Å². The van der Waals surface area contributed by atoms with E-state index in [0.717, 1.165) is 18.5 Å². The van der Waals surface area contributed by atoms with Crippen molar-refractivity contribution in [3.05, 3.63) is 34.6 Å². The molecule has 1 saturated heterocycles. The first-order valence-corrected chi connectivity index (χ1v) is 5.86. The Morgan fingerprint density at radius 2 is 2.35 bits per heavy atom. The zero-order valence-corrected chi connectivity index (χ0v) is 9.95. The summed E-state index contributed by atoms with van der Waals surface area (Å²) in [7, 11) is 0. The lowest BCUT2D eigenvalue weighted by Crippen LogP contribution is -2.35. The van der Waals surface area contributed by atoms with Crippen molar-refractivity contribution in [1.82, 2.24) is 4.90 Å². The fraction of sp³-hybridized carbons (Fsp3) is 0.417. The molecule has 0 bridgehead atoms. The minimum Gasteiger partial charge on any atom is -0.480 e. The van der Waals surface area contributed by atoms with Gasteiger partial charge in [0, 0.05) is 6.54 Å². The van der Waals surface area contributed by atoms with Gasteiger partial charge in [-0.3, -0.25) is 9.69 Å². The van der Waals surface area contributed by atoms with Crippen LogP contribution < -0.4 is 0 Å². The second-order valence-electron chi connectivity index (χ2n) is 4.22. The third-order valence-corrected chi connectivity index (χ3v) is 3.31. The molecule has 1 heterocycles. The van der Waals surface area contributed by atoms with Gasteiger partial charge in [-0.05, 0) is 37.1 Å². The van der Waals surface area contributed by atoms with Crippen LogP contribution in [-0.2, 0) is 11.3 Å². The highest BCUT2D eigenvalue weighted by atomic mass is 35.5. The largest absolute Gasteiger partial charge is 0.480 e. The van der Waals surface area contributed by atoms with Gasteiger partial charge in [0.15, 0.2) is 0 Å². The Morgan fingerprint density at radius 1 is 1.59 bits per heavy atom. The van der Waals surface area contributed by atoms with Gasteiger partial charge in [0.25, 0.3) is 0 Å². The lowest BCUT2D eigenvalue weighted by molar-refractivity contribution is -0.142. The number of carboxylic acids is 1. The summed E-state index contributed by atoms with van der Waals surface area (Å²) < 4.78 is 13.0. The highest BCUT2D eigenvalue weighted by Gasteiger charge is 2.30. The van der Waals surface area contributed by atoms with Crippen LogP contribution in [-0.4, -0.2) is 28.6 Å². The zero-order valence-electron chi connectivity index (χ0n) is 9.20. The Labute approximate surface area is 104 Å². The molecular weight excluding hydrogens is 245 g/mol. The molecular formula is C12H13ClFNO2. The number of hydrogen-bond donors (Lipinski definition) is 1. The Kier molecular flexibility index (Phi) is 3.64. The number of likely N-dealkylation sites (tertiary alicyclic amines) is 1. The lowest BCUT2D eigenvalue weighted by atomic mass is 10.2. The first kappa shape index (κ1) is 12.3. The molecule has 0 aromatic heterocycles. The van der Waals surface area contributed by atoms with E-state index in [9.17, 15) is 9.18 Å². The number of rotatable bonds is 3. The van der Waals surface area contributed by atoms with Gasteiger partial charge in [-0.1, -0.05) is 17.7 Å². The number of hydrogen-bond acceptors (Lipinski definition) is 2. The maximum Gasteiger partial charge on any atom is 0.320 e. The second-order valence-corrected chi connectivity index (χ2v) is 4.62. The summed E-state index contributed by atoms with van der Waals surface area (Å²) in [4.78, 5) is 12.9. The van der Waals surface area contributed by atoms with Crippen LogP contribution in [0.1, 0.15) is 18.4 Å². The first-order valence-electron chi connectivity index (χ1n) is 5.48. The fourth-order valence-corrected chi connectivity index (χ4v) is 2.37. The summed E-state index contributed by atoms with van der Waals surface area (Å²) in [5.74, 6) is -1.25. The zero-order chi connectivity index (χ0) is 12.4. The molecule has 1 aromatic rings. The predicted octanol–water partition coefficient (Wildman–Crippen LogP) is 2.53.